The van der Waals surface area contributed by atoms with Crippen molar-refractivity contribution >= 4 is 30.1 Å². The van der Waals surface area contributed by atoms with Crippen LogP contribution >= 0.6 is 25.0 Å². The van der Waals surface area contributed by atoms with Gasteiger partial charge in [-0.15, -0.1) is 0 Å². The summed E-state index contributed by atoms with van der Waals surface area (Å²) in [4.78, 5) is 0. The first-order chi connectivity index (χ1) is 3.80. The molecule has 0 spiro atoms. The Morgan fingerprint density at radius 2 is 2.50 bits per heavy atom. The number of nitrogens with one attached hydrogen (secondary N) is 1. The second kappa shape index (κ2) is 2.55. The molecular weight excluding hydrogens is 140 g/mol. The maximum atomic E-state index is 4.87. The molecule has 0 aromatic rings. The number of thiol groups is 1. The Kier molecular flexibility index (Phi) is 1.96. The van der Waals surface area contributed by atoms with Crippen LogP contribution in [0.15, 0.2) is 0 Å². The second-order valence-electron chi connectivity index (χ2n) is 1.71. The Labute approximate surface area is 59.8 Å². The van der Waals surface area contributed by atoms with Crippen LogP contribution in [0, 0.1) is 0 Å². The molecule has 1 aliphatic heterocycles. The van der Waals surface area contributed by atoms with E-state index < -0.39 is 0 Å². The molecule has 0 amide bonds. The molecule has 0 saturated carbocycles. The van der Waals surface area contributed by atoms with Crippen LogP contribution in [0.25, 0.3) is 0 Å². The lowest BCUT2D eigenvalue weighted by Gasteiger charge is -2.24. The first-order valence-corrected chi connectivity index (χ1v) is 3.36. The van der Waals surface area contributed by atoms with Crippen LogP contribution in [0.4, 0.5) is 0 Å². The number of nitrogens with zero attached hydrogens (tertiary/aromatic N) is 1. The highest BCUT2D eigenvalue weighted by Gasteiger charge is 2.08. The highest BCUT2D eigenvalue weighted by atomic mass is 32.1. The third kappa shape index (κ3) is 1.26. The summed E-state index contributed by atoms with van der Waals surface area (Å²) >= 11 is 8.95. The molecule has 2 nitrogen and oxygen atoms in total. The summed E-state index contributed by atoms with van der Waals surface area (Å²) in [7, 11) is 0. The average molecular weight is 148 g/mol. The molecule has 1 rings (SSSR count). The fraction of sp³-hybridized carbons (Fsp3) is 0.750. The van der Waals surface area contributed by atoms with Crippen molar-refractivity contribution in [3.8, 4) is 0 Å². The van der Waals surface area contributed by atoms with E-state index in [4.69, 9.17) is 12.2 Å². The van der Waals surface area contributed by atoms with Crippen molar-refractivity contribution in [1.82, 2.24) is 9.62 Å². The zero-order chi connectivity index (χ0) is 5.98. The molecule has 0 unspecified atom stereocenters. The van der Waals surface area contributed by atoms with Gasteiger partial charge in [0.05, 0.1) is 0 Å². The predicted octanol–water partition coefficient (Wildman–Crippen LogP) is 0.411. The molecule has 4 heteroatoms. The monoisotopic (exact) mass is 148 g/mol. The van der Waals surface area contributed by atoms with Crippen molar-refractivity contribution in [2.45, 2.75) is 6.42 Å². The van der Waals surface area contributed by atoms with Crippen LogP contribution in [0.5, 0.6) is 0 Å². The summed E-state index contributed by atoms with van der Waals surface area (Å²) < 4.78 is 1.75. The third-order valence-corrected chi connectivity index (χ3v) is 1.96. The summed E-state index contributed by atoms with van der Waals surface area (Å²) in [6.07, 6.45) is 1.13. The molecule has 8 heavy (non-hydrogen) atoms. The second-order valence-corrected chi connectivity index (χ2v) is 2.58. The minimum Gasteiger partial charge on any atom is -0.362 e. The minimum absolute atomic E-state index is 0.750. The summed E-state index contributed by atoms with van der Waals surface area (Å²) in [6, 6.07) is 0. The fourth-order valence-electron chi connectivity index (χ4n) is 0.617. The maximum Gasteiger partial charge on any atom is 0.178 e. The number of thiocarbonyl (C=S) groups is 1. The van der Waals surface area contributed by atoms with Crippen LogP contribution in [-0.2, 0) is 0 Å². The SMILES string of the molecule is S=C1NCCCN1S. The maximum absolute atomic E-state index is 4.87. The summed E-state index contributed by atoms with van der Waals surface area (Å²) in [5, 5.41) is 3.76. The van der Waals surface area contributed by atoms with E-state index >= 15 is 0 Å². The molecule has 1 N–H and O–H groups in total. The molecule has 0 aromatic carbocycles. The van der Waals surface area contributed by atoms with E-state index in [2.05, 4.69) is 18.1 Å². The zero-order valence-corrected chi connectivity index (χ0v) is 6.13. The molecule has 0 radical (unpaired) electrons. The van der Waals surface area contributed by atoms with Gasteiger partial charge in [0, 0.05) is 13.1 Å². The molecule has 46 valence electrons. The van der Waals surface area contributed by atoms with Crippen molar-refractivity contribution in [2.24, 2.45) is 0 Å². The van der Waals surface area contributed by atoms with Crippen molar-refractivity contribution in [2.75, 3.05) is 13.1 Å². The molecular formula is C4H8N2S2. The normalized spacial score (nSPS) is 20.6. The fourth-order valence-corrected chi connectivity index (χ4v) is 1.02. The molecule has 1 fully saturated rings. The van der Waals surface area contributed by atoms with Gasteiger partial charge in [0.1, 0.15) is 0 Å². The Bertz CT molecular complexity index is 104. The Hall–Kier alpha value is 0.0400. The molecule has 0 atom stereocenters. The predicted molar refractivity (Wildman–Crippen MR) is 40.9 cm³/mol. The topological polar surface area (TPSA) is 15.3 Å². The first-order valence-electron chi connectivity index (χ1n) is 2.55. The number of hydrogen-bond acceptors (Lipinski definition) is 2. The minimum atomic E-state index is 0.750. The average Bonchev–Trinajstić information content (AvgIpc) is 1.77. The first kappa shape index (κ1) is 6.16. The van der Waals surface area contributed by atoms with E-state index in [1.807, 2.05) is 0 Å². The van der Waals surface area contributed by atoms with Crippen molar-refractivity contribution < 1.29 is 0 Å². The summed E-state index contributed by atoms with van der Waals surface area (Å²) in [6.45, 7) is 1.96. The molecule has 1 heterocycles. The van der Waals surface area contributed by atoms with Gasteiger partial charge in [-0.05, 0) is 18.6 Å². The van der Waals surface area contributed by atoms with Gasteiger partial charge in [0.2, 0.25) is 0 Å². The Balaban J connectivity index is 2.39. The van der Waals surface area contributed by atoms with Crippen molar-refractivity contribution in [3.63, 3.8) is 0 Å². The van der Waals surface area contributed by atoms with Gasteiger partial charge in [-0.25, -0.2) is 0 Å². The smallest absolute Gasteiger partial charge is 0.178 e. The van der Waals surface area contributed by atoms with Crippen molar-refractivity contribution in [1.29, 1.82) is 0 Å². The van der Waals surface area contributed by atoms with E-state index in [0.29, 0.717) is 0 Å². The van der Waals surface area contributed by atoms with Gasteiger partial charge < -0.3 is 5.32 Å². The van der Waals surface area contributed by atoms with E-state index in [-0.39, 0.29) is 0 Å². The highest BCUT2D eigenvalue weighted by Crippen LogP contribution is 2.00. The Morgan fingerprint density at radius 1 is 1.75 bits per heavy atom. The lowest BCUT2D eigenvalue weighted by atomic mass is 10.4. The van der Waals surface area contributed by atoms with E-state index in [9.17, 15) is 0 Å². The van der Waals surface area contributed by atoms with E-state index in [1.165, 1.54) is 0 Å². The van der Waals surface area contributed by atoms with Gasteiger partial charge >= 0.3 is 0 Å². The summed E-state index contributed by atoms with van der Waals surface area (Å²) in [5.41, 5.74) is 0. The highest BCUT2D eigenvalue weighted by molar-refractivity contribution is 7.84. The van der Waals surface area contributed by atoms with Crippen LogP contribution in [0.1, 0.15) is 6.42 Å². The van der Waals surface area contributed by atoms with Crippen LogP contribution in [-0.4, -0.2) is 22.5 Å². The van der Waals surface area contributed by atoms with Crippen molar-refractivity contribution in [3.05, 3.63) is 0 Å². The van der Waals surface area contributed by atoms with Gasteiger partial charge in [0.15, 0.2) is 5.11 Å². The zero-order valence-electron chi connectivity index (χ0n) is 4.42. The van der Waals surface area contributed by atoms with Gasteiger partial charge in [-0.3, -0.25) is 4.31 Å². The molecule has 0 bridgehead atoms. The third-order valence-electron chi connectivity index (χ3n) is 1.06. The quantitative estimate of drug-likeness (QED) is 0.382. The number of rotatable bonds is 0. The number of hydrogen-bond donors (Lipinski definition) is 2. The van der Waals surface area contributed by atoms with Gasteiger partial charge in [-0.1, -0.05) is 12.8 Å². The van der Waals surface area contributed by atoms with Gasteiger partial charge in [0.25, 0.3) is 0 Å². The standard InChI is InChI=1S/C4H8N2S2/c7-4-5-2-1-3-6(4)8/h8H,1-3H2,(H,5,7). The lowest BCUT2D eigenvalue weighted by Crippen LogP contribution is -2.40. The van der Waals surface area contributed by atoms with Crippen LogP contribution < -0.4 is 5.32 Å². The van der Waals surface area contributed by atoms with Crippen LogP contribution in [0.2, 0.25) is 0 Å². The van der Waals surface area contributed by atoms with Crippen LogP contribution in [0.3, 0.4) is 0 Å². The molecule has 0 aromatic heterocycles. The lowest BCUT2D eigenvalue weighted by molar-refractivity contribution is 0.560. The van der Waals surface area contributed by atoms with E-state index in [1.54, 1.807) is 4.31 Å². The Morgan fingerprint density at radius 3 is 2.88 bits per heavy atom. The molecule has 1 saturated heterocycles. The molecule has 0 aliphatic carbocycles. The largest absolute Gasteiger partial charge is 0.362 e. The summed E-state index contributed by atoms with van der Waals surface area (Å²) in [5.74, 6) is 0. The molecule has 1 aliphatic rings. The van der Waals surface area contributed by atoms with Gasteiger partial charge in [-0.2, -0.15) is 0 Å². The van der Waals surface area contributed by atoms with E-state index in [0.717, 1.165) is 24.6 Å².